The van der Waals surface area contributed by atoms with Gasteiger partial charge in [0.2, 0.25) is 0 Å². The fourth-order valence-corrected chi connectivity index (χ4v) is 4.11. The molecule has 1 saturated heterocycles. The van der Waals surface area contributed by atoms with Crippen molar-refractivity contribution in [3.05, 3.63) is 17.5 Å². The molecule has 1 aromatic rings. The van der Waals surface area contributed by atoms with Crippen LogP contribution in [0.4, 0.5) is 24.5 Å². The second-order valence-electron chi connectivity index (χ2n) is 3.87. The second-order valence-corrected chi connectivity index (χ2v) is 6.01. The van der Waals surface area contributed by atoms with Crippen molar-refractivity contribution in [2.75, 3.05) is 18.1 Å². The fraction of sp³-hybridized carbons (Fsp3) is 0.400. The highest BCUT2D eigenvalue weighted by Crippen LogP contribution is 2.25. The summed E-state index contributed by atoms with van der Waals surface area (Å²) in [6, 6.07) is 0.621. The van der Waals surface area contributed by atoms with E-state index in [1.807, 2.05) is 0 Å². The molecule has 1 aromatic carbocycles. The Kier molecular flexibility index (Phi) is 3.30. The topological polar surface area (TPSA) is 61.3 Å². The molecule has 7 heteroatoms. The second kappa shape index (κ2) is 4.57. The molecule has 0 aliphatic carbocycles. The Morgan fingerprint density at radius 3 is 2.24 bits per heavy atom. The smallest absolute Gasteiger partial charge is 0.252 e. The van der Waals surface area contributed by atoms with Gasteiger partial charge in [-0.25, -0.2) is 13.2 Å². The van der Waals surface area contributed by atoms with Gasteiger partial charge in [-0.1, -0.05) is 6.42 Å². The number of hydrogen-bond donors (Lipinski definition) is 2. The van der Waals surface area contributed by atoms with Crippen molar-refractivity contribution in [1.82, 2.24) is 0 Å². The lowest BCUT2D eigenvalue weighted by Gasteiger charge is -2.23. The average molecular weight is 261 g/mol. The maximum absolute atomic E-state index is 13.7. The molecule has 1 fully saturated rings. The highest BCUT2D eigenvalue weighted by atomic mass is 28.3. The van der Waals surface area contributed by atoms with E-state index in [0.29, 0.717) is 12.7 Å². The van der Waals surface area contributed by atoms with E-state index in [-0.39, 0.29) is 10.9 Å². The van der Waals surface area contributed by atoms with Crippen LogP contribution in [0.25, 0.3) is 0 Å². The Morgan fingerprint density at radius 2 is 1.65 bits per heavy atom. The average Bonchev–Trinajstić information content (AvgIpc) is 2.36. The highest BCUT2D eigenvalue weighted by Gasteiger charge is 2.31. The van der Waals surface area contributed by atoms with E-state index < -0.39 is 32.2 Å². The monoisotopic (exact) mass is 261 g/mol. The van der Waals surface area contributed by atoms with Gasteiger partial charge in [0, 0.05) is 11.8 Å². The summed E-state index contributed by atoms with van der Waals surface area (Å²) < 4.78 is 45.5. The van der Waals surface area contributed by atoms with Gasteiger partial charge in [0.25, 0.3) is 9.04 Å². The summed E-state index contributed by atoms with van der Waals surface area (Å²) in [5, 5.41) is -0.0638. The molecule has 2 rings (SSSR count). The first kappa shape index (κ1) is 12.2. The normalized spacial score (nSPS) is 17.4. The molecule has 0 atom stereocenters. The minimum Gasteiger partial charge on any atom is -0.412 e. The van der Waals surface area contributed by atoms with Crippen LogP contribution in [0.3, 0.4) is 0 Å². The number of nitrogens with two attached hydrogens (primary N) is 2. The molecule has 0 aromatic heterocycles. The molecule has 3 nitrogen and oxygen atoms in total. The van der Waals surface area contributed by atoms with E-state index in [0.717, 1.165) is 12.8 Å². The molecule has 1 radical (unpaired) electrons. The van der Waals surface area contributed by atoms with Crippen molar-refractivity contribution in [3.8, 4) is 0 Å². The van der Waals surface area contributed by atoms with Crippen LogP contribution in [0, 0.1) is 17.5 Å². The molecular weight excluding hydrogens is 249 g/mol. The third-order valence-electron chi connectivity index (χ3n) is 2.75. The molecule has 1 heterocycles. The van der Waals surface area contributed by atoms with E-state index in [1.165, 1.54) is 0 Å². The van der Waals surface area contributed by atoms with Gasteiger partial charge >= 0.3 is 0 Å². The van der Waals surface area contributed by atoms with Crippen LogP contribution < -0.4 is 16.7 Å². The fourth-order valence-electron chi connectivity index (χ4n) is 1.82. The largest absolute Gasteiger partial charge is 0.412 e. The zero-order valence-electron chi connectivity index (χ0n) is 9.03. The van der Waals surface area contributed by atoms with Crippen LogP contribution >= 0.6 is 0 Å². The van der Waals surface area contributed by atoms with Crippen molar-refractivity contribution >= 4 is 25.6 Å². The summed E-state index contributed by atoms with van der Waals surface area (Å²) in [4.78, 5) is 0. The van der Waals surface area contributed by atoms with Gasteiger partial charge in [0.05, 0.1) is 11.4 Å². The van der Waals surface area contributed by atoms with Crippen LogP contribution in [0.5, 0.6) is 0 Å². The van der Waals surface area contributed by atoms with E-state index in [4.69, 9.17) is 15.9 Å². The van der Waals surface area contributed by atoms with Crippen molar-refractivity contribution in [1.29, 1.82) is 0 Å². The number of nitrogen functional groups attached to an aromatic ring is 2. The van der Waals surface area contributed by atoms with Crippen LogP contribution in [-0.2, 0) is 4.43 Å². The van der Waals surface area contributed by atoms with Crippen molar-refractivity contribution in [2.45, 2.75) is 18.9 Å². The lowest BCUT2D eigenvalue weighted by molar-refractivity contribution is 0.293. The zero-order valence-corrected chi connectivity index (χ0v) is 10.0. The molecule has 93 valence electrons. The molecule has 0 amide bonds. The summed E-state index contributed by atoms with van der Waals surface area (Å²) in [5.74, 6) is -4.26. The summed E-state index contributed by atoms with van der Waals surface area (Å²) >= 11 is 0. The van der Waals surface area contributed by atoms with Gasteiger partial charge in [-0.05, 0) is 12.5 Å². The van der Waals surface area contributed by atoms with Gasteiger partial charge in [0.15, 0.2) is 17.5 Å². The van der Waals surface area contributed by atoms with Crippen LogP contribution in [0.1, 0.15) is 12.8 Å². The van der Waals surface area contributed by atoms with Gasteiger partial charge in [0.1, 0.15) is 0 Å². The molecular formula is C10H12F3N2OSi. The standard InChI is InChI=1S/C10H12F3N2OSi/c11-5-6(12)8(14)9(15)10(7(5)13)17-4-2-1-3-16-17/h1-4,14-15H2. The van der Waals surface area contributed by atoms with E-state index >= 15 is 0 Å². The maximum atomic E-state index is 13.7. The molecule has 0 saturated carbocycles. The van der Waals surface area contributed by atoms with E-state index in [9.17, 15) is 13.2 Å². The van der Waals surface area contributed by atoms with Gasteiger partial charge < -0.3 is 15.9 Å². The maximum Gasteiger partial charge on any atom is 0.252 e. The Labute approximate surface area is 98.3 Å². The van der Waals surface area contributed by atoms with Crippen molar-refractivity contribution in [3.63, 3.8) is 0 Å². The molecule has 1 aliphatic heterocycles. The third-order valence-corrected chi connectivity index (χ3v) is 5.16. The first-order valence-corrected chi connectivity index (χ1v) is 6.86. The lowest BCUT2D eigenvalue weighted by atomic mass is 10.2. The number of rotatable bonds is 1. The number of hydrogen-bond acceptors (Lipinski definition) is 3. The molecule has 1 aliphatic rings. The molecule has 4 N–H and O–H groups in total. The van der Waals surface area contributed by atoms with Crippen LogP contribution in [0.15, 0.2) is 0 Å². The Balaban J connectivity index is 2.52. The van der Waals surface area contributed by atoms with E-state index in [1.54, 1.807) is 0 Å². The molecule has 0 bridgehead atoms. The van der Waals surface area contributed by atoms with Crippen LogP contribution in [-0.4, -0.2) is 15.6 Å². The summed E-state index contributed by atoms with van der Waals surface area (Å²) in [6.45, 7) is 0.492. The number of benzene rings is 1. The quantitative estimate of drug-likeness (QED) is 0.455. The highest BCUT2D eigenvalue weighted by molar-refractivity contribution is 6.69. The Bertz CT molecular complexity index is 421. The van der Waals surface area contributed by atoms with Crippen molar-refractivity contribution < 1.29 is 17.6 Å². The predicted octanol–water partition coefficient (Wildman–Crippen LogP) is 1.28. The summed E-state index contributed by atoms with van der Waals surface area (Å²) in [7, 11) is -1.73. The lowest BCUT2D eigenvalue weighted by Crippen LogP contribution is -2.41. The third kappa shape index (κ3) is 2.00. The van der Waals surface area contributed by atoms with E-state index in [2.05, 4.69) is 0 Å². The number of halogens is 3. The molecule has 17 heavy (non-hydrogen) atoms. The minimum atomic E-state index is -1.73. The first-order chi connectivity index (χ1) is 8.04. The molecule has 0 spiro atoms. The predicted molar refractivity (Wildman–Crippen MR) is 60.5 cm³/mol. The van der Waals surface area contributed by atoms with Crippen LogP contribution in [0.2, 0.25) is 6.04 Å². The summed E-state index contributed by atoms with van der Waals surface area (Å²) in [5.41, 5.74) is 10.1. The zero-order chi connectivity index (χ0) is 12.6. The Hall–Kier alpha value is -1.21. The number of anilines is 2. The van der Waals surface area contributed by atoms with Gasteiger partial charge in [-0.15, -0.1) is 0 Å². The molecule has 0 unspecified atom stereocenters. The van der Waals surface area contributed by atoms with Gasteiger partial charge in [-0.2, -0.15) is 0 Å². The van der Waals surface area contributed by atoms with Crippen molar-refractivity contribution in [2.24, 2.45) is 0 Å². The van der Waals surface area contributed by atoms with Gasteiger partial charge in [-0.3, -0.25) is 0 Å². The summed E-state index contributed by atoms with van der Waals surface area (Å²) in [6.07, 6.45) is 1.75. The Morgan fingerprint density at radius 1 is 0.941 bits per heavy atom. The first-order valence-electron chi connectivity index (χ1n) is 5.24. The minimum absolute atomic E-state index is 0.0638. The SMILES string of the molecule is Nc1c(N)c([Si]2CCCCO2)c(F)c(F)c1F.